The molecule has 1 heterocycles. The van der Waals surface area contributed by atoms with Crippen LogP contribution in [0, 0.1) is 0 Å². The molecule has 0 radical (unpaired) electrons. The van der Waals surface area contributed by atoms with E-state index in [1.807, 2.05) is 0 Å². The van der Waals surface area contributed by atoms with Crippen LogP contribution in [0.1, 0.15) is 138 Å². The standard InChI is InChI=1S/C36H53N3O/c1-25(2)38-36(39-26(3)4)40-33-23-34(37-24-33)35(31-19-15-29(16-20-31)27-11-7-5-8-12-27)32-21-17-30(18-22-32)28-13-9-6-10-14-28/h15-22,25-28,33-35,37H,5-14,23-24H2,1-4H3,(H,38,39)/t33-,34?/m1/s1. The summed E-state index contributed by atoms with van der Waals surface area (Å²) in [6.45, 7) is 9.33. The lowest BCUT2D eigenvalue weighted by molar-refractivity contribution is 0.191. The molecule has 1 unspecified atom stereocenters. The topological polar surface area (TPSA) is 45.7 Å². The average Bonchev–Trinajstić information content (AvgIpc) is 3.42. The molecule has 2 atom stereocenters. The van der Waals surface area contributed by atoms with Crippen molar-refractivity contribution in [2.45, 2.75) is 140 Å². The molecule has 2 aliphatic carbocycles. The number of aliphatic imine (C=N–C) groups is 1. The van der Waals surface area contributed by atoms with Crippen molar-refractivity contribution in [3.05, 3.63) is 70.8 Å². The molecule has 4 heteroatoms. The highest BCUT2D eigenvalue weighted by molar-refractivity contribution is 5.74. The van der Waals surface area contributed by atoms with Crippen LogP contribution in [0.15, 0.2) is 53.5 Å². The number of hydrogen-bond donors (Lipinski definition) is 2. The Hall–Kier alpha value is -2.33. The van der Waals surface area contributed by atoms with Gasteiger partial charge in [-0.1, -0.05) is 87.1 Å². The van der Waals surface area contributed by atoms with Crippen molar-refractivity contribution < 1.29 is 4.74 Å². The second kappa shape index (κ2) is 14.0. The Balaban J connectivity index is 1.36. The van der Waals surface area contributed by atoms with Gasteiger partial charge in [0.25, 0.3) is 6.02 Å². The molecule has 2 saturated carbocycles. The molecule has 2 N–H and O–H groups in total. The van der Waals surface area contributed by atoms with E-state index in [2.05, 4.69) is 86.9 Å². The smallest absolute Gasteiger partial charge is 0.285 e. The number of hydrogen-bond acceptors (Lipinski definition) is 3. The number of amidine groups is 1. The maximum atomic E-state index is 6.46. The van der Waals surface area contributed by atoms with Crippen LogP contribution in [0.3, 0.4) is 0 Å². The van der Waals surface area contributed by atoms with E-state index in [0.29, 0.717) is 24.0 Å². The average molecular weight is 544 g/mol. The number of ether oxygens (including phenoxy) is 1. The first-order valence-corrected chi connectivity index (χ1v) is 16.4. The molecule has 5 rings (SSSR count). The van der Waals surface area contributed by atoms with Crippen molar-refractivity contribution in [2.24, 2.45) is 4.99 Å². The van der Waals surface area contributed by atoms with Gasteiger partial charge in [-0.05, 0) is 87.5 Å². The van der Waals surface area contributed by atoms with Crippen molar-refractivity contribution in [1.29, 1.82) is 0 Å². The van der Waals surface area contributed by atoms with Gasteiger partial charge >= 0.3 is 0 Å². The molecule has 40 heavy (non-hydrogen) atoms. The van der Waals surface area contributed by atoms with E-state index >= 15 is 0 Å². The van der Waals surface area contributed by atoms with Crippen LogP contribution in [0.2, 0.25) is 0 Å². The number of benzene rings is 2. The van der Waals surface area contributed by atoms with Crippen LogP contribution in [-0.4, -0.2) is 36.8 Å². The zero-order valence-electron chi connectivity index (χ0n) is 25.5. The molecule has 2 aromatic carbocycles. The SMILES string of the molecule is CC(C)N=C(NC(C)C)O[C@H]1CNC(C(c2ccc(C3CCCCC3)cc2)c2ccc(C3CCCCC3)cc2)C1. The van der Waals surface area contributed by atoms with Crippen molar-refractivity contribution in [2.75, 3.05) is 6.54 Å². The summed E-state index contributed by atoms with van der Waals surface area (Å²) in [7, 11) is 0. The summed E-state index contributed by atoms with van der Waals surface area (Å²) >= 11 is 0. The molecule has 3 aliphatic rings. The molecular formula is C36H53N3O. The van der Waals surface area contributed by atoms with E-state index in [9.17, 15) is 0 Å². The quantitative estimate of drug-likeness (QED) is 0.259. The van der Waals surface area contributed by atoms with Crippen LogP contribution in [0.5, 0.6) is 0 Å². The van der Waals surface area contributed by atoms with Crippen molar-refractivity contribution in [1.82, 2.24) is 10.6 Å². The van der Waals surface area contributed by atoms with Gasteiger partial charge in [0, 0.05) is 37.0 Å². The zero-order valence-corrected chi connectivity index (χ0v) is 25.5. The second-order valence-corrected chi connectivity index (χ2v) is 13.3. The fraction of sp³-hybridized carbons (Fsp3) is 0.639. The molecular weight excluding hydrogens is 490 g/mol. The largest absolute Gasteiger partial charge is 0.461 e. The molecule has 218 valence electrons. The monoisotopic (exact) mass is 543 g/mol. The summed E-state index contributed by atoms with van der Waals surface area (Å²) in [4.78, 5) is 4.73. The fourth-order valence-electron chi connectivity index (χ4n) is 7.30. The van der Waals surface area contributed by atoms with Gasteiger partial charge in [-0.25, -0.2) is 4.99 Å². The summed E-state index contributed by atoms with van der Waals surface area (Å²) in [6, 6.07) is 20.9. The van der Waals surface area contributed by atoms with Gasteiger partial charge in [-0.2, -0.15) is 0 Å². The normalized spacial score (nSPS) is 23.3. The molecule has 1 aliphatic heterocycles. The minimum Gasteiger partial charge on any atom is -0.461 e. The van der Waals surface area contributed by atoms with Gasteiger partial charge in [-0.3, -0.25) is 0 Å². The Bertz CT molecular complexity index is 1000. The van der Waals surface area contributed by atoms with Gasteiger partial charge in [0.05, 0.1) is 0 Å². The van der Waals surface area contributed by atoms with Crippen molar-refractivity contribution in [3.8, 4) is 0 Å². The van der Waals surface area contributed by atoms with Crippen LogP contribution >= 0.6 is 0 Å². The van der Waals surface area contributed by atoms with Crippen molar-refractivity contribution >= 4 is 6.02 Å². The predicted octanol–water partition coefficient (Wildman–Crippen LogP) is 8.42. The van der Waals surface area contributed by atoms with E-state index < -0.39 is 0 Å². The van der Waals surface area contributed by atoms with Gasteiger partial charge < -0.3 is 15.4 Å². The minimum absolute atomic E-state index is 0.110. The number of rotatable bonds is 8. The van der Waals surface area contributed by atoms with E-state index in [1.54, 1.807) is 0 Å². The highest BCUT2D eigenvalue weighted by Gasteiger charge is 2.34. The van der Waals surface area contributed by atoms with E-state index in [1.165, 1.54) is 86.5 Å². The highest BCUT2D eigenvalue weighted by Crippen LogP contribution is 2.38. The Morgan fingerprint density at radius 3 is 1.70 bits per heavy atom. The van der Waals surface area contributed by atoms with Crippen molar-refractivity contribution in [3.63, 3.8) is 0 Å². The Kier molecular flexibility index (Phi) is 10.2. The van der Waals surface area contributed by atoms with E-state index in [-0.39, 0.29) is 12.1 Å². The predicted molar refractivity (Wildman–Crippen MR) is 169 cm³/mol. The first-order chi connectivity index (χ1) is 19.5. The summed E-state index contributed by atoms with van der Waals surface area (Å²) in [5, 5.41) is 7.28. The van der Waals surface area contributed by atoms with Crippen LogP contribution in [0.25, 0.3) is 0 Å². The summed E-state index contributed by atoms with van der Waals surface area (Å²) in [5.41, 5.74) is 5.90. The summed E-state index contributed by atoms with van der Waals surface area (Å²) < 4.78 is 6.46. The molecule has 0 bridgehead atoms. The third-order valence-electron chi connectivity index (χ3n) is 9.34. The van der Waals surface area contributed by atoms with E-state index in [4.69, 9.17) is 9.73 Å². The number of nitrogens with zero attached hydrogens (tertiary/aromatic N) is 1. The molecule has 0 spiro atoms. The molecule has 4 nitrogen and oxygen atoms in total. The van der Waals surface area contributed by atoms with Crippen LogP contribution in [0.4, 0.5) is 0 Å². The lowest BCUT2D eigenvalue weighted by atomic mass is 9.79. The zero-order chi connectivity index (χ0) is 27.9. The Morgan fingerprint density at radius 1 is 0.750 bits per heavy atom. The fourth-order valence-corrected chi connectivity index (χ4v) is 7.30. The van der Waals surface area contributed by atoms with Crippen LogP contribution in [-0.2, 0) is 4.74 Å². The molecule has 2 aromatic rings. The van der Waals surface area contributed by atoms with Gasteiger partial charge in [0.2, 0.25) is 0 Å². The number of nitrogens with one attached hydrogen (secondary N) is 2. The molecule has 0 aromatic heterocycles. The second-order valence-electron chi connectivity index (χ2n) is 13.3. The van der Waals surface area contributed by atoms with Crippen LogP contribution < -0.4 is 10.6 Å². The highest BCUT2D eigenvalue weighted by atomic mass is 16.5. The lowest BCUT2D eigenvalue weighted by Crippen LogP contribution is -2.36. The third-order valence-corrected chi connectivity index (χ3v) is 9.34. The molecule has 0 amide bonds. The molecule has 1 saturated heterocycles. The Labute approximate surface area is 243 Å². The summed E-state index contributed by atoms with van der Waals surface area (Å²) in [5.74, 6) is 1.79. The van der Waals surface area contributed by atoms with Gasteiger partial charge in [0.1, 0.15) is 6.10 Å². The first kappa shape index (κ1) is 29.2. The maximum Gasteiger partial charge on any atom is 0.285 e. The molecule has 3 fully saturated rings. The van der Waals surface area contributed by atoms with E-state index in [0.717, 1.165) is 24.8 Å². The Morgan fingerprint density at radius 2 is 1.25 bits per heavy atom. The van der Waals surface area contributed by atoms with Gasteiger partial charge in [-0.15, -0.1) is 0 Å². The lowest BCUT2D eigenvalue weighted by Gasteiger charge is -2.28. The minimum atomic E-state index is 0.110. The summed E-state index contributed by atoms with van der Waals surface area (Å²) in [6.07, 6.45) is 14.8. The third kappa shape index (κ3) is 7.69. The maximum absolute atomic E-state index is 6.46. The van der Waals surface area contributed by atoms with Gasteiger partial charge in [0.15, 0.2) is 0 Å². The first-order valence-electron chi connectivity index (χ1n) is 16.4.